The minimum atomic E-state index is -0.223. The van der Waals surface area contributed by atoms with Gasteiger partial charge in [0.15, 0.2) is 0 Å². The molecule has 0 saturated carbocycles. The molecule has 196 valence electrons. The molecule has 0 fully saturated rings. The fraction of sp³-hybridized carbons (Fsp3) is 0.290. The maximum Gasteiger partial charge on any atom is 0.254 e. The summed E-state index contributed by atoms with van der Waals surface area (Å²) in [6, 6.07) is 22.7. The highest BCUT2D eigenvalue weighted by molar-refractivity contribution is 7.10. The van der Waals surface area contributed by atoms with E-state index < -0.39 is 0 Å². The summed E-state index contributed by atoms with van der Waals surface area (Å²) in [7, 11) is 0. The first-order chi connectivity index (χ1) is 18.5. The zero-order chi connectivity index (χ0) is 26.5. The first-order valence-corrected chi connectivity index (χ1v) is 13.8. The topological polar surface area (TPSA) is 63.0 Å². The summed E-state index contributed by atoms with van der Waals surface area (Å²) in [6.07, 6.45) is 2.37. The molecule has 0 aliphatic carbocycles. The molecule has 3 heterocycles. The molecule has 0 radical (unpaired) electrons. The van der Waals surface area contributed by atoms with Gasteiger partial charge in [-0.1, -0.05) is 44.2 Å². The van der Waals surface area contributed by atoms with E-state index in [9.17, 15) is 9.59 Å². The second kappa shape index (κ2) is 11.7. The van der Waals surface area contributed by atoms with Crippen LogP contribution in [-0.2, 0) is 17.8 Å². The van der Waals surface area contributed by atoms with E-state index in [1.54, 1.807) is 40.7 Å². The number of amides is 2. The maximum atomic E-state index is 13.8. The molecule has 0 saturated heterocycles. The number of hydrogen-bond donors (Lipinski definition) is 0. The zero-order valence-electron chi connectivity index (χ0n) is 21.7. The molecule has 7 heteroatoms. The molecular formula is C31H32N2O4S. The molecule has 5 rings (SSSR count). The van der Waals surface area contributed by atoms with Gasteiger partial charge in [-0.2, -0.15) is 0 Å². The number of benzene rings is 2. The molecule has 0 spiro atoms. The van der Waals surface area contributed by atoms with Crippen LogP contribution in [0.25, 0.3) is 0 Å². The number of ether oxygens (including phenoxy) is 1. The van der Waals surface area contributed by atoms with E-state index in [-0.39, 0.29) is 30.9 Å². The van der Waals surface area contributed by atoms with E-state index in [0.29, 0.717) is 30.4 Å². The number of fused-ring (bicyclic) bond motifs is 1. The van der Waals surface area contributed by atoms with Crippen LogP contribution < -0.4 is 4.74 Å². The van der Waals surface area contributed by atoms with Gasteiger partial charge in [-0.25, -0.2) is 0 Å². The van der Waals surface area contributed by atoms with Gasteiger partial charge in [0, 0.05) is 17.0 Å². The van der Waals surface area contributed by atoms with E-state index in [4.69, 9.17) is 9.15 Å². The Kier molecular flexibility index (Phi) is 7.94. The Morgan fingerprint density at radius 2 is 1.84 bits per heavy atom. The number of hydrogen-bond acceptors (Lipinski definition) is 5. The van der Waals surface area contributed by atoms with Crippen LogP contribution >= 0.6 is 11.3 Å². The van der Waals surface area contributed by atoms with Crippen molar-refractivity contribution in [3.05, 3.63) is 112 Å². The molecule has 2 aromatic carbocycles. The van der Waals surface area contributed by atoms with Gasteiger partial charge in [-0.05, 0) is 71.3 Å². The SMILES string of the molecule is CC(C)c1ccc(OC[C@H]2c3ccsc3CCN2C(=O)CN(Cc2ccco2)C(=O)c2ccccc2)cc1. The lowest BCUT2D eigenvalue weighted by molar-refractivity contribution is -0.135. The summed E-state index contributed by atoms with van der Waals surface area (Å²) in [5.74, 6) is 1.54. The highest BCUT2D eigenvalue weighted by atomic mass is 32.1. The van der Waals surface area contributed by atoms with E-state index in [1.807, 2.05) is 41.3 Å². The standard InChI is InChI=1S/C31H32N2O4S/c1-22(2)23-10-12-25(13-11-23)37-21-28-27-15-18-38-29(27)14-16-33(28)30(34)20-32(19-26-9-6-17-36-26)31(35)24-7-4-3-5-8-24/h3-13,15,17-18,22,28H,14,16,19-21H2,1-2H3/t28-/m0/s1. The molecule has 38 heavy (non-hydrogen) atoms. The number of furan rings is 1. The molecule has 1 aliphatic rings. The van der Waals surface area contributed by atoms with Gasteiger partial charge >= 0.3 is 0 Å². The third kappa shape index (κ3) is 5.83. The average molecular weight is 529 g/mol. The van der Waals surface area contributed by atoms with Crippen molar-refractivity contribution in [1.82, 2.24) is 9.80 Å². The van der Waals surface area contributed by atoms with Crippen LogP contribution in [0.15, 0.2) is 88.9 Å². The van der Waals surface area contributed by atoms with Gasteiger partial charge in [-0.3, -0.25) is 9.59 Å². The zero-order valence-corrected chi connectivity index (χ0v) is 22.5. The van der Waals surface area contributed by atoms with Crippen molar-refractivity contribution in [3.63, 3.8) is 0 Å². The van der Waals surface area contributed by atoms with Gasteiger partial charge < -0.3 is 19.0 Å². The number of rotatable bonds is 9. The average Bonchev–Trinajstić information content (AvgIpc) is 3.64. The first-order valence-electron chi connectivity index (χ1n) is 12.9. The van der Waals surface area contributed by atoms with Crippen LogP contribution in [0, 0.1) is 0 Å². The van der Waals surface area contributed by atoms with Crippen LogP contribution in [0.2, 0.25) is 0 Å². The molecule has 0 unspecified atom stereocenters. The first kappa shape index (κ1) is 25.8. The van der Waals surface area contributed by atoms with Crippen molar-refractivity contribution in [2.45, 2.75) is 38.8 Å². The molecule has 6 nitrogen and oxygen atoms in total. The van der Waals surface area contributed by atoms with Crippen molar-refractivity contribution in [1.29, 1.82) is 0 Å². The fourth-order valence-corrected chi connectivity index (χ4v) is 5.73. The summed E-state index contributed by atoms with van der Waals surface area (Å²) < 4.78 is 11.7. The molecular weight excluding hydrogens is 496 g/mol. The van der Waals surface area contributed by atoms with Gasteiger partial charge in [0.05, 0.1) is 18.8 Å². The summed E-state index contributed by atoms with van der Waals surface area (Å²) in [6.45, 7) is 5.43. The van der Waals surface area contributed by atoms with Gasteiger partial charge in [0.25, 0.3) is 5.91 Å². The quantitative estimate of drug-likeness (QED) is 0.255. The van der Waals surface area contributed by atoms with Crippen molar-refractivity contribution in [2.75, 3.05) is 19.7 Å². The lowest BCUT2D eigenvalue weighted by atomic mass is 10.00. The molecule has 0 N–H and O–H groups in total. The molecule has 4 aromatic rings. The number of thiophene rings is 1. The molecule has 1 aliphatic heterocycles. The van der Waals surface area contributed by atoms with Gasteiger partial charge in [0.1, 0.15) is 24.7 Å². The summed E-state index contributed by atoms with van der Waals surface area (Å²) in [5, 5.41) is 2.07. The van der Waals surface area contributed by atoms with Crippen LogP contribution in [-0.4, -0.2) is 41.3 Å². The molecule has 2 aromatic heterocycles. The summed E-state index contributed by atoms with van der Waals surface area (Å²) in [4.78, 5) is 31.9. The third-order valence-corrected chi connectivity index (χ3v) is 7.93. The smallest absolute Gasteiger partial charge is 0.254 e. The second-order valence-corrected chi connectivity index (χ2v) is 10.8. The molecule has 0 bridgehead atoms. The minimum absolute atomic E-state index is 0.0481. The van der Waals surface area contributed by atoms with Gasteiger partial charge in [0.2, 0.25) is 5.91 Å². The van der Waals surface area contributed by atoms with Crippen LogP contribution in [0.4, 0.5) is 0 Å². The Morgan fingerprint density at radius 3 is 2.55 bits per heavy atom. The van der Waals surface area contributed by atoms with Crippen molar-refractivity contribution in [3.8, 4) is 5.75 Å². The Bertz CT molecular complexity index is 1350. The van der Waals surface area contributed by atoms with E-state index in [1.165, 1.54) is 10.4 Å². The van der Waals surface area contributed by atoms with Crippen molar-refractivity contribution < 1.29 is 18.7 Å². The Morgan fingerprint density at radius 1 is 1.05 bits per heavy atom. The largest absolute Gasteiger partial charge is 0.491 e. The highest BCUT2D eigenvalue weighted by Crippen LogP contribution is 2.34. The number of carbonyl (C=O) groups excluding carboxylic acids is 2. The third-order valence-electron chi connectivity index (χ3n) is 6.93. The lowest BCUT2D eigenvalue weighted by Gasteiger charge is -2.37. The lowest BCUT2D eigenvalue weighted by Crippen LogP contribution is -2.47. The number of carbonyl (C=O) groups is 2. The highest BCUT2D eigenvalue weighted by Gasteiger charge is 2.34. The van der Waals surface area contributed by atoms with Crippen LogP contribution in [0.3, 0.4) is 0 Å². The maximum absolute atomic E-state index is 13.8. The molecule has 2 amide bonds. The Hall–Kier alpha value is -3.84. The predicted molar refractivity (Wildman–Crippen MR) is 148 cm³/mol. The summed E-state index contributed by atoms with van der Waals surface area (Å²) in [5.41, 5.74) is 2.92. The number of nitrogens with zero attached hydrogens (tertiary/aromatic N) is 2. The monoisotopic (exact) mass is 528 g/mol. The predicted octanol–water partition coefficient (Wildman–Crippen LogP) is 6.31. The molecule has 1 atom stereocenters. The minimum Gasteiger partial charge on any atom is -0.491 e. The van der Waals surface area contributed by atoms with E-state index in [2.05, 4.69) is 37.4 Å². The van der Waals surface area contributed by atoms with Crippen molar-refractivity contribution in [2.24, 2.45) is 0 Å². The van der Waals surface area contributed by atoms with Crippen LogP contribution in [0.1, 0.15) is 57.9 Å². The van der Waals surface area contributed by atoms with Gasteiger partial charge in [-0.15, -0.1) is 11.3 Å². The van der Waals surface area contributed by atoms with E-state index in [0.717, 1.165) is 17.7 Å². The van der Waals surface area contributed by atoms with E-state index >= 15 is 0 Å². The van der Waals surface area contributed by atoms with Crippen molar-refractivity contribution >= 4 is 23.2 Å². The summed E-state index contributed by atoms with van der Waals surface area (Å²) >= 11 is 1.72. The second-order valence-electron chi connectivity index (χ2n) is 9.79. The normalized spacial score (nSPS) is 14.8. The fourth-order valence-electron chi connectivity index (χ4n) is 4.81. The van der Waals surface area contributed by atoms with Crippen LogP contribution in [0.5, 0.6) is 5.75 Å². The Balaban J connectivity index is 1.35. The Labute approximate surface area is 227 Å².